The van der Waals surface area contributed by atoms with Gasteiger partial charge in [0.1, 0.15) is 5.70 Å². The normalized spacial score (nSPS) is 18.2. The molecule has 6 heteroatoms. The fraction of sp³-hybridized carbons (Fsp3) is 0.700. The fourth-order valence-corrected chi connectivity index (χ4v) is 2.08. The molecule has 0 saturated heterocycles. The summed E-state index contributed by atoms with van der Waals surface area (Å²) in [5, 5.41) is 1.72. The highest BCUT2D eigenvalue weighted by Gasteiger charge is 2.25. The summed E-state index contributed by atoms with van der Waals surface area (Å²) >= 11 is 1.39. The predicted molar refractivity (Wildman–Crippen MR) is 64.7 cm³/mol. The van der Waals surface area contributed by atoms with Crippen LogP contribution in [0.5, 0.6) is 0 Å². The van der Waals surface area contributed by atoms with E-state index in [2.05, 4.69) is 19.3 Å². The van der Waals surface area contributed by atoms with Crippen molar-refractivity contribution in [2.24, 2.45) is 11.7 Å². The molecule has 1 atom stereocenters. The van der Waals surface area contributed by atoms with E-state index in [9.17, 15) is 4.79 Å². The summed E-state index contributed by atoms with van der Waals surface area (Å²) in [5.41, 5.74) is 9.36. The first-order valence-corrected chi connectivity index (χ1v) is 6.23. The van der Waals surface area contributed by atoms with Gasteiger partial charge in [0.2, 0.25) is 0 Å². The van der Waals surface area contributed by atoms with E-state index in [4.69, 9.17) is 10.5 Å². The maximum absolute atomic E-state index is 11.4. The van der Waals surface area contributed by atoms with Gasteiger partial charge in [-0.3, -0.25) is 0 Å². The monoisotopic (exact) mass is 245 g/mol. The highest BCUT2D eigenvalue weighted by molar-refractivity contribution is 8.00. The fourth-order valence-electron chi connectivity index (χ4n) is 1.32. The molecule has 0 bridgehead atoms. The number of carbonyl (C=O) groups is 1. The van der Waals surface area contributed by atoms with Crippen LogP contribution in [0, 0.1) is 5.92 Å². The Morgan fingerprint density at radius 2 is 2.38 bits per heavy atom. The van der Waals surface area contributed by atoms with Gasteiger partial charge in [-0.15, -0.1) is 4.41 Å². The van der Waals surface area contributed by atoms with E-state index in [-0.39, 0.29) is 12.1 Å². The van der Waals surface area contributed by atoms with E-state index in [1.165, 1.54) is 11.9 Å². The van der Waals surface area contributed by atoms with Crippen LogP contribution < -0.4 is 11.2 Å². The van der Waals surface area contributed by atoms with Crippen molar-refractivity contribution in [3.8, 4) is 0 Å². The van der Waals surface area contributed by atoms with Gasteiger partial charge in [-0.25, -0.2) is 4.79 Å². The average Bonchev–Trinajstić information content (AvgIpc) is 2.65. The number of ether oxygens (including phenoxy) is 1. The van der Waals surface area contributed by atoms with Crippen LogP contribution >= 0.6 is 11.9 Å². The Morgan fingerprint density at radius 3 is 2.94 bits per heavy atom. The Balaban J connectivity index is 2.41. The van der Waals surface area contributed by atoms with Crippen molar-refractivity contribution in [1.29, 1.82) is 0 Å². The molecule has 1 aliphatic rings. The van der Waals surface area contributed by atoms with Gasteiger partial charge >= 0.3 is 5.97 Å². The molecule has 0 saturated carbocycles. The lowest BCUT2D eigenvalue weighted by molar-refractivity contribution is -0.139. The molecule has 0 aromatic heterocycles. The second-order valence-corrected chi connectivity index (χ2v) is 4.83. The second-order valence-electron chi connectivity index (χ2n) is 3.99. The molecule has 3 N–H and O–H groups in total. The van der Waals surface area contributed by atoms with Crippen molar-refractivity contribution in [3.05, 3.63) is 11.1 Å². The molecule has 1 aliphatic heterocycles. The van der Waals surface area contributed by atoms with Crippen molar-refractivity contribution in [2.45, 2.75) is 33.4 Å². The van der Waals surface area contributed by atoms with Crippen molar-refractivity contribution in [2.75, 3.05) is 6.61 Å². The number of rotatable bonds is 5. The van der Waals surface area contributed by atoms with Gasteiger partial charge in [-0.1, -0.05) is 13.8 Å². The van der Waals surface area contributed by atoms with Crippen LogP contribution in [-0.2, 0) is 9.53 Å². The number of nitrogens with zero attached hydrogens (tertiary/aromatic N) is 1. The van der Waals surface area contributed by atoms with Crippen LogP contribution in [0.4, 0.5) is 0 Å². The molecule has 0 spiro atoms. The van der Waals surface area contributed by atoms with Crippen LogP contribution in [0.2, 0.25) is 0 Å². The quantitative estimate of drug-likeness (QED) is 0.560. The predicted octanol–water partition coefficient (Wildman–Crippen LogP) is 1.19. The molecule has 0 unspecified atom stereocenters. The van der Waals surface area contributed by atoms with Crippen LogP contribution in [0.3, 0.4) is 0 Å². The SMILES string of the molecule is CCOC(=O)C1=CSN([C@H](N)CC(C)C)N1. The lowest BCUT2D eigenvalue weighted by Gasteiger charge is -2.24. The minimum absolute atomic E-state index is 0.117. The summed E-state index contributed by atoms with van der Waals surface area (Å²) in [6, 6.07) is 0. The number of hydrogen-bond acceptors (Lipinski definition) is 6. The van der Waals surface area contributed by atoms with E-state index in [0.29, 0.717) is 18.2 Å². The summed E-state index contributed by atoms with van der Waals surface area (Å²) in [7, 11) is 0. The lowest BCUT2D eigenvalue weighted by Crippen LogP contribution is -2.44. The van der Waals surface area contributed by atoms with E-state index in [1.807, 2.05) is 0 Å². The highest BCUT2D eigenvalue weighted by Crippen LogP contribution is 2.23. The largest absolute Gasteiger partial charge is 0.461 e. The molecule has 0 radical (unpaired) electrons. The molecule has 0 amide bonds. The van der Waals surface area contributed by atoms with Gasteiger partial charge in [0.25, 0.3) is 0 Å². The smallest absolute Gasteiger partial charge is 0.356 e. The van der Waals surface area contributed by atoms with Crippen LogP contribution in [0.15, 0.2) is 11.1 Å². The van der Waals surface area contributed by atoms with Crippen LogP contribution in [0.25, 0.3) is 0 Å². The third kappa shape index (κ3) is 3.70. The van der Waals surface area contributed by atoms with E-state index < -0.39 is 0 Å². The molecular weight excluding hydrogens is 226 g/mol. The molecule has 0 aliphatic carbocycles. The lowest BCUT2D eigenvalue weighted by atomic mass is 10.1. The van der Waals surface area contributed by atoms with Gasteiger partial charge in [0, 0.05) is 5.41 Å². The topological polar surface area (TPSA) is 67.6 Å². The van der Waals surface area contributed by atoms with Crippen molar-refractivity contribution in [1.82, 2.24) is 9.84 Å². The highest BCUT2D eigenvalue weighted by atomic mass is 32.2. The summed E-state index contributed by atoms with van der Waals surface area (Å²) in [6.45, 7) is 6.38. The van der Waals surface area contributed by atoms with E-state index >= 15 is 0 Å². The van der Waals surface area contributed by atoms with E-state index in [0.717, 1.165) is 6.42 Å². The first-order valence-electron chi connectivity index (χ1n) is 5.40. The molecule has 92 valence electrons. The summed E-state index contributed by atoms with van der Waals surface area (Å²) in [6.07, 6.45) is 0.748. The van der Waals surface area contributed by atoms with E-state index in [1.54, 1.807) is 16.7 Å². The Morgan fingerprint density at radius 1 is 1.69 bits per heavy atom. The maximum Gasteiger partial charge on any atom is 0.356 e. The number of nitrogens with two attached hydrogens (primary N) is 1. The van der Waals surface area contributed by atoms with Crippen LogP contribution in [0.1, 0.15) is 27.2 Å². The Hall–Kier alpha value is -0.720. The first-order chi connectivity index (χ1) is 7.54. The zero-order valence-corrected chi connectivity index (χ0v) is 10.7. The number of nitrogens with one attached hydrogen (secondary N) is 1. The summed E-state index contributed by atoms with van der Waals surface area (Å²) < 4.78 is 6.65. The second kappa shape index (κ2) is 6.12. The van der Waals surface area contributed by atoms with Gasteiger partial charge in [-0.2, -0.15) is 0 Å². The Labute approximate surface area is 100 Å². The Kier molecular flexibility index (Phi) is 5.11. The van der Waals surface area contributed by atoms with Gasteiger partial charge in [0.05, 0.1) is 12.8 Å². The molecule has 1 rings (SSSR count). The minimum atomic E-state index is -0.339. The number of esters is 1. The van der Waals surface area contributed by atoms with Crippen molar-refractivity contribution < 1.29 is 9.53 Å². The average molecular weight is 245 g/mol. The summed E-state index contributed by atoms with van der Waals surface area (Å²) in [4.78, 5) is 11.4. The maximum atomic E-state index is 11.4. The first kappa shape index (κ1) is 13.3. The van der Waals surface area contributed by atoms with Gasteiger partial charge in [0.15, 0.2) is 0 Å². The van der Waals surface area contributed by atoms with Crippen molar-refractivity contribution in [3.63, 3.8) is 0 Å². The van der Waals surface area contributed by atoms with Crippen molar-refractivity contribution >= 4 is 17.9 Å². The molecule has 0 aromatic carbocycles. The molecule has 1 heterocycles. The Bertz CT molecular complexity index is 281. The molecular formula is C10H19N3O2S. The van der Waals surface area contributed by atoms with Gasteiger partial charge < -0.3 is 15.9 Å². The minimum Gasteiger partial charge on any atom is -0.461 e. The third-order valence-electron chi connectivity index (χ3n) is 2.02. The molecule has 0 aromatic rings. The number of hydrogen-bond donors (Lipinski definition) is 2. The van der Waals surface area contributed by atoms with Gasteiger partial charge in [-0.05, 0) is 31.2 Å². The molecule has 16 heavy (non-hydrogen) atoms. The number of hydrazine groups is 1. The molecule has 0 fully saturated rings. The standard InChI is InChI=1S/C10H19N3O2S/c1-4-15-10(14)8-6-16-13(12-8)9(11)5-7(2)3/h6-7,9,12H,4-5,11H2,1-3H3/t9-/m0/s1. The zero-order valence-electron chi connectivity index (χ0n) is 9.90. The summed E-state index contributed by atoms with van der Waals surface area (Å²) in [5.74, 6) is 0.179. The number of carbonyl (C=O) groups excluding carboxylic acids is 1. The third-order valence-corrected chi connectivity index (χ3v) is 2.95. The molecule has 5 nitrogen and oxygen atoms in total. The van der Waals surface area contributed by atoms with Crippen LogP contribution in [-0.4, -0.2) is 23.2 Å². The zero-order chi connectivity index (χ0) is 12.1.